The van der Waals surface area contributed by atoms with Gasteiger partial charge in [-0.05, 0) is 19.9 Å². The standard InChI is InChI=1S/C11H12ClN3O2/c1-4-11(2,3)14-13-10-6-5-8(15(16)17)7-9(10)12/h4-7H,1H2,2-3H3. The Morgan fingerprint density at radius 3 is 2.65 bits per heavy atom. The first kappa shape index (κ1) is 13.3. The van der Waals surface area contributed by atoms with E-state index < -0.39 is 10.5 Å². The largest absolute Gasteiger partial charge is 0.271 e. The Labute approximate surface area is 104 Å². The molecule has 0 amide bonds. The van der Waals surface area contributed by atoms with E-state index in [1.807, 2.05) is 13.8 Å². The third kappa shape index (κ3) is 3.64. The van der Waals surface area contributed by atoms with Crippen molar-refractivity contribution in [3.05, 3.63) is 46.0 Å². The van der Waals surface area contributed by atoms with Crippen molar-refractivity contribution in [1.82, 2.24) is 0 Å². The molecule has 5 nitrogen and oxygen atoms in total. The van der Waals surface area contributed by atoms with Crippen LogP contribution in [0.2, 0.25) is 5.02 Å². The highest BCUT2D eigenvalue weighted by molar-refractivity contribution is 6.33. The van der Waals surface area contributed by atoms with E-state index in [1.54, 1.807) is 6.08 Å². The van der Waals surface area contributed by atoms with Crippen molar-refractivity contribution in [2.75, 3.05) is 0 Å². The average molecular weight is 254 g/mol. The molecule has 0 aromatic heterocycles. The quantitative estimate of drug-likeness (QED) is 0.347. The molecule has 0 saturated heterocycles. The topological polar surface area (TPSA) is 67.9 Å². The first-order valence-corrected chi connectivity index (χ1v) is 5.24. The normalized spacial score (nSPS) is 11.7. The zero-order valence-electron chi connectivity index (χ0n) is 9.55. The second-order valence-corrected chi connectivity index (χ2v) is 4.36. The van der Waals surface area contributed by atoms with Crippen LogP contribution >= 0.6 is 11.6 Å². The van der Waals surface area contributed by atoms with Crippen LogP contribution in [0.4, 0.5) is 11.4 Å². The van der Waals surface area contributed by atoms with Gasteiger partial charge in [0.2, 0.25) is 0 Å². The molecule has 0 heterocycles. The highest BCUT2D eigenvalue weighted by Gasteiger charge is 2.12. The molecule has 0 bridgehead atoms. The Hall–Kier alpha value is -1.75. The summed E-state index contributed by atoms with van der Waals surface area (Å²) in [5, 5.41) is 18.7. The van der Waals surface area contributed by atoms with Gasteiger partial charge in [0.25, 0.3) is 5.69 Å². The lowest BCUT2D eigenvalue weighted by molar-refractivity contribution is -0.384. The van der Waals surface area contributed by atoms with Crippen molar-refractivity contribution in [3.63, 3.8) is 0 Å². The Morgan fingerprint density at radius 1 is 1.53 bits per heavy atom. The van der Waals surface area contributed by atoms with Crippen LogP contribution < -0.4 is 0 Å². The summed E-state index contributed by atoms with van der Waals surface area (Å²) in [4.78, 5) is 9.99. The van der Waals surface area contributed by atoms with Crippen LogP contribution in [0.1, 0.15) is 13.8 Å². The first-order valence-electron chi connectivity index (χ1n) is 4.86. The van der Waals surface area contributed by atoms with Gasteiger partial charge in [-0.15, -0.1) is 6.58 Å². The molecule has 1 rings (SSSR count). The van der Waals surface area contributed by atoms with E-state index >= 15 is 0 Å². The van der Waals surface area contributed by atoms with Gasteiger partial charge >= 0.3 is 0 Å². The molecule has 1 aromatic carbocycles. The Balaban J connectivity index is 3.02. The van der Waals surface area contributed by atoms with Crippen molar-refractivity contribution in [1.29, 1.82) is 0 Å². The molecule has 17 heavy (non-hydrogen) atoms. The Morgan fingerprint density at radius 2 is 2.18 bits per heavy atom. The van der Waals surface area contributed by atoms with Crippen molar-refractivity contribution in [3.8, 4) is 0 Å². The molecule has 0 radical (unpaired) electrons. The van der Waals surface area contributed by atoms with Gasteiger partial charge in [0, 0.05) is 12.1 Å². The van der Waals surface area contributed by atoms with E-state index in [0.717, 1.165) is 0 Å². The zero-order valence-corrected chi connectivity index (χ0v) is 10.3. The summed E-state index contributed by atoms with van der Waals surface area (Å²) in [5.41, 5.74) is -0.172. The molecule has 0 saturated carbocycles. The maximum Gasteiger partial charge on any atom is 0.271 e. The summed E-state index contributed by atoms with van der Waals surface area (Å²) >= 11 is 5.86. The predicted octanol–water partition coefficient (Wildman–Crippen LogP) is 4.30. The molecule has 0 N–H and O–H groups in total. The Bertz CT molecular complexity index is 484. The minimum absolute atomic E-state index is 0.0723. The predicted molar refractivity (Wildman–Crippen MR) is 66.9 cm³/mol. The maximum absolute atomic E-state index is 10.5. The lowest BCUT2D eigenvalue weighted by Crippen LogP contribution is -2.09. The van der Waals surface area contributed by atoms with Crippen molar-refractivity contribution < 1.29 is 4.92 Å². The number of nitro benzene ring substituents is 1. The molecule has 0 aliphatic rings. The first-order chi connectivity index (χ1) is 7.85. The zero-order chi connectivity index (χ0) is 13.1. The fourth-order valence-electron chi connectivity index (χ4n) is 0.914. The summed E-state index contributed by atoms with van der Waals surface area (Å²) in [7, 11) is 0. The minimum Gasteiger partial charge on any atom is -0.258 e. The van der Waals surface area contributed by atoms with Gasteiger partial charge < -0.3 is 0 Å². The van der Waals surface area contributed by atoms with Crippen LogP contribution in [0.5, 0.6) is 0 Å². The molecule has 0 unspecified atom stereocenters. The minimum atomic E-state index is -0.513. The van der Waals surface area contributed by atoms with E-state index in [-0.39, 0.29) is 10.7 Å². The van der Waals surface area contributed by atoms with Gasteiger partial charge in [-0.1, -0.05) is 17.7 Å². The van der Waals surface area contributed by atoms with Crippen LogP contribution in [-0.2, 0) is 0 Å². The molecular formula is C11H12ClN3O2. The summed E-state index contributed by atoms with van der Waals surface area (Å²) < 4.78 is 0. The van der Waals surface area contributed by atoms with E-state index in [4.69, 9.17) is 11.6 Å². The number of hydrogen-bond donors (Lipinski definition) is 0. The van der Waals surface area contributed by atoms with Crippen molar-refractivity contribution in [2.45, 2.75) is 19.4 Å². The number of hydrogen-bond acceptors (Lipinski definition) is 4. The number of nitrogens with zero attached hydrogens (tertiary/aromatic N) is 3. The van der Waals surface area contributed by atoms with E-state index in [2.05, 4.69) is 16.8 Å². The van der Waals surface area contributed by atoms with Crippen LogP contribution in [0.25, 0.3) is 0 Å². The molecule has 0 aliphatic heterocycles. The van der Waals surface area contributed by atoms with Gasteiger partial charge in [0.15, 0.2) is 0 Å². The molecule has 0 fully saturated rings. The number of benzene rings is 1. The molecule has 0 atom stereocenters. The van der Waals surface area contributed by atoms with Gasteiger partial charge in [-0.25, -0.2) is 0 Å². The SMILES string of the molecule is C=CC(C)(C)N=Nc1ccc([N+](=O)[O-])cc1Cl. The summed E-state index contributed by atoms with van der Waals surface area (Å²) in [5.74, 6) is 0. The van der Waals surface area contributed by atoms with Crippen LogP contribution in [0.3, 0.4) is 0 Å². The molecule has 90 valence electrons. The van der Waals surface area contributed by atoms with E-state index in [9.17, 15) is 10.1 Å². The fourth-order valence-corrected chi connectivity index (χ4v) is 1.13. The lowest BCUT2D eigenvalue weighted by atomic mass is 10.1. The van der Waals surface area contributed by atoms with Gasteiger partial charge in [-0.2, -0.15) is 10.2 Å². The number of halogens is 1. The average Bonchev–Trinajstić information content (AvgIpc) is 2.27. The molecular weight excluding hydrogens is 242 g/mol. The number of azo groups is 1. The van der Waals surface area contributed by atoms with Gasteiger partial charge in [0.05, 0.1) is 15.5 Å². The summed E-state index contributed by atoms with van der Waals surface area (Å²) in [6.07, 6.45) is 1.65. The monoisotopic (exact) mass is 253 g/mol. The highest BCUT2D eigenvalue weighted by atomic mass is 35.5. The van der Waals surface area contributed by atoms with E-state index in [0.29, 0.717) is 5.69 Å². The summed E-state index contributed by atoms with van der Waals surface area (Å²) in [6.45, 7) is 7.30. The molecule has 0 spiro atoms. The van der Waals surface area contributed by atoms with Crippen molar-refractivity contribution >= 4 is 23.0 Å². The number of non-ortho nitro benzene ring substituents is 1. The van der Waals surface area contributed by atoms with Crippen LogP contribution in [0, 0.1) is 10.1 Å². The lowest BCUT2D eigenvalue weighted by Gasteiger charge is -2.10. The molecule has 0 aliphatic carbocycles. The van der Waals surface area contributed by atoms with E-state index in [1.165, 1.54) is 18.2 Å². The highest BCUT2D eigenvalue weighted by Crippen LogP contribution is 2.30. The van der Waals surface area contributed by atoms with Gasteiger partial charge in [0.1, 0.15) is 5.69 Å². The van der Waals surface area contributed by atoms with Crippen LogP contribution in [0.15, 0.2) is 41.1 Å². The maximum atomic E-state index is 10.5. The molecule has 1 aromatic rings. The second-order valence-electron chi connectivity index (χ2n) is 3.95. The second kappa shape index (κ2) is 5.05. The number of rotatable bonds is 4. The smallest absolute Gasteiger partial charge is 0.258 e. The summed E-state index contributed by atoms with van der Waals surface area (Å²) in [6, 6.07) is 4.04. The van der Waals surface area contributed by atoms with Crippen LogP contribution in [-0.4, -0.2) is 10.5 Å². The van der Waals surface area contributed by atoms with Crippen molar-refractivity contribution in [2.24, 2.45) is 10.2 Å². The Kier molecular flexibility index (Phi) is 3.96. The third-order valence-corrected chi connectivity index (χ3v) is 2.36. The number of nitro groups is 1. The van der Waals surface area contributed by atoms with Gasteiger partial charge in [-0.3, -0.25) is 10.1 Å². The fraction of sp³-hybridized carbons (Fsp3) is 0.273. The molecule has 6 heteroatoms. The third-order valence-electron chi connectivity index (χ3n) is 2.06.